The van der Waals surface area contributed by atoms with Crippen LogP contribution in [0.1, 0.15) is 19.3 Å². The van der Waals surface area contributed by atoms with Gasteiger partial charge in [-0.1, -0.05) is 0 Å². The van der Waals surface area contributed by atoms with Crippen molar-refractivity contribution in [3.63, 3.8) is 0 Å². The first-order chi connectivity index (χ1) is 8.67. The minimum absolute atomic E-state index is 0.442. The molecule has 0 radical (unpaired) electrons. The molecule has 0 aromatic rings. The highest BCUT2D eigenvalue weighted by Crippen LogP contribution is 2.40. The van der Waals surface area contributed by atoms with Gasteiger partial charge < -0.3 is 20.2 Å². The second kappa shape index (κ2) is 4.70. The molecule has 0 aliphatic carbocycles. The fraction of sp³-hybridized carbons (Fsp3) is 0.923. The summed E-state index contributed by atoms with van der Waals surface area (Å²) in [6.45, 7) is 7.43. The summed E-state index contributed by atoms with van der Waals surface area (Å²) in [4.78, 5) is 15.0. The predicted molar refractivity (Wildman–Crippen MR) is 68.7 cm³/mol. The van der Waals surface area contributed by atoms with E-state index in [1.54, 1.807) is 4.90 Å². The molecule has 102 valence electrons. The summed E-state index contributed by atoms with van der Waals surface area (Å²) in [6.07, 6.45) is 2.67. The molecule has 3 aliphatic rings. The third-order valence-electron chi connectivity index (χ3n) is 4.89. The van der Waals surface area contributed by atoms with E-state index in [0.717, 1.165) is 31.8 Å². The van der Waals surface area contributed by atoms with Gasteiger partial charge in [0.2, 0.25) is 0 Å². The Bertz CT molecular complexity index is 312. The summed E-state index contributed by atoms with van der Waals surface area (Å²) in [7, 11) is 0. The molecule has 0 aromatic heterocycles. The molecule has 0 bridgehead atoms. The van der Waals surface area contributed by atoms with E-state index in [4.69, 9.17) is 5.11 Å². The Morgan fingerprint density at radius 3 is 2.61 bits per heavy atom. The largest absolute Gasteiger partial charge is 0.465 e. The first-order valence-corrected chi connectivity index (χ1v) is 7.08. The lowest BCUT2D eigenvalue weighted by Crippen LogP contribution is -2.61. The quantitative estimate of drug-likeness (QED) is 0.759. The molecule has 0 aromatic carbocycles. The third-order valence-corrected chi connectivity index (χ3v) is 4.89. The Balaban J connectivity index is 1.42. The average molecular weight is 253 g/mol. The van der Waals surface area contributed by atoms with Crippen LogP contribution in [-0.2, 0) is 0 Å². The monoisotopic (exact) mass is 253 g/mol. The molecule has 0 saturated carbocycles. The summed E-state index contributed by atoms with van der Waals surface area (Å²) in [5, 5.41) is 12.4. The van der Waals surface area contributed by atoms with Crippen molar-refractivity contribution in [3.8, 4) is 0 Å². The van der Waals surface area contributed by atoms with Crippen LogP contribution in [0.3, 0.4) is 0 Å². The van der Waals surface area contributed by atoms with Crippen LogP contribution in [0.5, 0.6) is 0 Å². The Morgan fingerprint density at radius 1 is 1.33 bits per heavy atom. The normalized spacial score (nSPS) is 31.6. The molecule has 2 N–H and O–H groups in total. The number of carboxylic acid groups (broad SMARTS) is 1. The molecule has 1 spiro atoms. The molecular weight excluding hydrogens is 230 g/mol. The first-order valence-electron chi connectivity index (χ1n) is 7.08. The highest BCUT2D eigenvalue weighted by atomic mass is 16.4. The van der Waals surface area contributed by atoms with E-state index < -0.39 is 6.09 Å². The van der Waals surface area contributed by atoms with Gasteiger partial charge in [-0.15, -0.1) is 0 Å². The Kier molecular flexibility index (Phi) is 3.20. The zero-order valence-electron chi connectivity index (χ0n) is 10.9. The maximum atomic E-state index is 10.9. The van der Waals surface area contributed by atoms with Crippen LogP contribution >= 0.6 is 0 Å². The van der Waals surface area contributed by atoms with Gasteiger partial charge in [-0.05, 0) is 43.7 Å². The van der Waals surface area contributed by atoms with Gasteiger partial charge in [-0.25, -0.2) is 4.79 Å². The molecule has 1 amide bonds. The van der Waals surface area contributed by atoms with Gasteiger partial charge >= 0.3 is 6.09 Å². The second-order valence-electron chi connectivity index (χ2n) is 6.30. The van der Waals surface area contributed by atoms with Gasteiger partial charge in [-0.2, -0.15) is 0 Å². The van der Waals surface area contributed by atoms with Crippen LogP contribution in [0.2, 0.25) is 0 Å². The van der Waals surface area contributed by atoms with Crippen LogP contribution in [0, 0.1) is 11.3 Å². The molecule has 5 nitrogen and oxygen atoms in total. The van der Waals surface area contributed by atoms with Crippen molar-refractivity contribution >= 4 is 6.09 Å². The minimum Gasteiger partial charge on any atom is -0.465 e. The maximum absolute atomic E-state index is 10.9. The number of amides is 1. The fourth-order valence-electron chi connectivity index (χ4n) is 3.76. The Morgan fingerprint density at radius 2 is 2.06 bits per heavy atom. The lowest BCUT2D eigenvalue weighted by Gasteiger charge is -2.54. The first kappa shape index (κ1) is 12.2. The van der Waals surface area contributed by atoms with Crippen LogP contribution in [0.25, 0.3) is 0 Å². The number of carbonyl (C=O) groups is 1. The van der Waals surface area contributed by atoms with E-state index in [-0.39, 0.29) is 0 Å². The Labute approximate surface area is 108 Å². The summed E-state index contributed by atoms with van der Waals surface area (Å²) in [5.41, 5.74) is 0.442. The zero-order chi connectivity index (χ0) is 12.6. The molecule has 3 rings (SSSR count). The van der Waals surface area contributed by atoms with Crippen molar-refractivity contribution in [1.29, 1.82) is 0 Å². The zero-order valence-corrected chi connectivity index (χ0v) is 10.9. The van der Waals surface area contributed by atoms with Crippen molar-refractivity contribution in [3.05, 3.63) is 0 Å². The van der Waals surface area contributed by atoms with Crippen LogP contribution in [-0.4, -0.2) is 66.8 Å². The van der Waals surface area contributed by atoms with Gasteiger partial charge in [0.05, 0.1) is 0 Å². The standard InChI is InChI=1S/C13H23N3O2/c17-12(18)16-5-2-13(3-6-16)9-15(10-13)8-11-1-4-14-7-11/h11,14H,1-10H2,(H,17,18). The molecule has 18 heavy (non-hydrogen) atoms. The lowest BCUT2D eigenvalue weighted by molar-refractivity contribution is -0.0483. The van der Waals surface area contributed by atoms with E-state index in [2.05, 4.69) is 10.2 Å². The lowest BCUT2D eigenvalue weighted by atomic mass is 9.71. The highest BCUT2D eigenvalue weighted by molar-refractivity contribution is 5.65. The van der Waals surface area contributed by atoms with Gasteiger partial charge in [-0.3, -0.25) is 0 Å². The van der Waals surface area contributed by atoms with E-state index in [9.17, 15) is 4.79 Å². The van der Waals surface area contributed by atoms with Crippen molar-refractivity contribution in [2.24, 2.45) is 11.3 Å². The maximum Gasteiger partial charge on any atom is 0.407 e. The molecule has 3 aliphatic heterocycles. The average Bonchev–Trinajstić information content (AvgIpc) is 2.80. The molecule has 3 fully saturated rings. The number of hydrogen-bond acceptors (Lipinski definition) is 3. The van der Waals surface area contributed by atoms with Gasteiger partial charge in [0.1, 0.15) is 0 Å². The summed E-state index contributed by atoms with van der Waals surface area (Å²) in [6, 6.07) is 0. The number of hydrogen-bond donors (Lipinski definition) is 2. The summed E-state index contributed by atoms with van der Waals surface area (Å²) < 4.78 is 0. The molecule has 3 saturated heterocycles. The predicted octanol–water partition coefficient (Wildman–Crippen LogP) is 0.672. The van der Waals surface area contributed by atoms with Crippen LogP contribution < -0.4 is 5.32 Å². The van der Waals surface area contributed by atoms with Crippen molar-refractivity contribution in [2.45, 2.75) is 19.3 Å². The fourth-order valence-corrected chi connectivity index (χ4v) is 3.76. The second-order valence-corrected chi connectivity index (χ2v) is 6.30. The highest BCUT2D eigenvalue weighted by Gasteiger charge is 2.45. The molecular formula is C13H23N3O2. The van der Waals surface area contributed by atoms with E-state index in [0.29, 0.717) is 5.41 Å². The topological polar surface area (TPSA) is 55.8 Å². The smallest absolute Gasteiger partial charge is 0.407 e. The van der Waals surface area contributed by atoms with Crippen molar-refractivity contribution in [2.75, 3.05) is 45.8 Å². The summed E-state index contributed by atoms with van der Waals surface area (Å²) >= 11 is 0. The Hall–Kier alpha value is -0.810. The van der Waals surface area contributed by atoms with E-state index in [1.165, 1.54) is 39.1 Å². The molecule has 1 unspecified atom stereocenters. The third kappa shape index (κ3) is 2.34. The van der Waals surface area contributed by atoms with E-state index >= 15 is 0 Å². The molecule has 5 heteroatoms. The van der Waals surface area contributed by atoms with Crippen molar-refractivity contribution in [1.82, 2.24) is 15.1 Å². The van der Waals surface area contributed by atoms with Gasteiger partial charge in [0.25, 0.3) is 0 Å². The molecule has 1 atom stereocenters. The molecule has 3 heterocycles. The number of rotatable bonds is 2. The van der Waals surface area contributed by atoms with E-state index in [1.807, 2.05) is 0 Å². The van der Waals surface area contributed by atoms with Gasteiger partial charge in [0.15, 0.2) is 0 Å². The number of nitrogens with zero attached hydrogens (tertiary/aromatic N) is 2. The van der Waals surface area contributed by atoms with Gasteiger partial charge in [0, 0.05) is 32.7 Å². The number of piperidine rings is 1. The minimum atomic E-state index is -0.752. The summed E-state index contributed by atoms with van der Waals surface area (Å²) in [5.74, 6) is 0.835. The number of nitrogens with one attached hydrogen (secondary N) is 1. The SMILES string of the molecule is O=C(O)N1CCC2(CC1)CN(CC1CCNC1)C2. The van der Waals surface area contributed by atoms with Crippen LogP contribution in [0.15, 0.2) is 0 Å². The van der Waals surface area contributed by atoms with Crippen molar-refractivity contribution < 1.29 is 9.90 Å². The number of likely N-dealkylation sites (tertiary alicyclic amines) is 2. The van der Waals surface area contributed by atoms with Crippen LogP contribution in [0.4, 0.5) is 4.79 Å².